The molecule has 2 rings (SSSR count). The van der Waals surface area contributed by atoms with Gasteiger partial charge in [0.2, 0.25) is 5.91 Å². The second kappa shape index (κ2) is 8.49. The van der Waals surface area contributed by atoms with Gasteiger partial charge in [-0.25, -0.2) is 4.79 Å². The zero-order chi connectivity index (χ0) is 17.4. The number of rotatable bonds is 6. The Hall–Kier alpha value is -3.13. The Labute approximate surface area is 140 Å². The first-order valence-electron chi connectivity index (χ1n) is 7.68. The molecule has 5 heteroatoms. The number of amides is 1. The molecule has 0 spiro atoms. The zero-order valence-corrected chi connectivity index (χ0v) is 13.4. The Morgan fingerprint density at radius 2 is 1.92 bits per heavy atom. The molecule has 0 heterocycles. The van der Waals surface area contributed by atoms with E-state index in [-0.39, 0.29) is 5.91 Å². The van der Waals surface area contributed by atoms with Crippen LogP contribution in [0, 0.1) is 11.3 Å². The predicted molar refractivity (Wildman–Crippen MR) is 90.5 cm³/mol. The highest BCUT2D eigenvalue weighted by atomic mass is 16.5. The Balaban J connectivity index is 1.91. The van der Waals surface area contributed by atoms with Crippen LogP contribution < -0.4 is 5.32 Å². The maximum Gasteiger partial charge on any atom is 0.338 e. The predicted octanol–water partition coefficient (Wildman–Crippen LogP) is 3.31. The van der Waals surface area contributed by atoms with Gasteiger partial charge in [0.05, 0.1) is 23.8 Å². The summed E-state index contributed by atoms with van der Waals surface area (Å²) < 4.78 is 4.94. The number of benzene rings is 2. The fraction of sp³-hybridized carbons (Fsp3) is 0.211. The molecule has 0 radical (unpaired) electrons. The number of ether oxygens (including phenoxy) is 1. The maximum absolute atomic E-state index is 12.0. The molecular weight excluding hydrogens is 304 g/mol. The Kier molecular flexibility index (Phi) is 6.09. The van der Waals surface area contributed by atoms with E-state index in [1.54, 1.807) is 43.3 Å². The fourth-order valence-corrected chi connectivity index (χ4v) is 2.17. The molecule has 0 aliphatic heterocycles. The van der Waals surface area contributed by atoms with E-state index in [9.17, 15) is 9.59 Å². The lowest BCUT2D eigenvalue weighted by molar-refractivity contribution is -0.116. The summed E-state index contributed by atoms with van der Waals surface area (Å²) in [5.41, 5.74) is 2.55. The van der Waals surface area contributed by atoms with Crippen LogP contribution in [0.4, 0.5) is 5.69 Å². The van der Waals surface area contributed by atoms with Gasteiger partial charge in [0.15, 0.2) is 0 Å². The highest BCUT2D eigenvalue weighted by Gasteiger charge is 2.08. The first-order chi connectivity index (χ1) is 11.6. The summed E-state index contributed by atoms with van der Waals surface area (Å²) in [6, 6.07) is 15.9. The van der Waals surface area contributed by atoms with Crippen molar-refractivity contribution in [3.8, 4) is 6.07 Å². The average molecular weight is 322 g/mol. The third-order valence-electron chi connectivity index (χ3n) is 3.38. The van der Waals surface area contributed by atoms with E-state index in [0.717, 1.165) is 5.56 Å². The minimum Gasteiger partial charge on any atom is -0.462 e. The van der Waals surface area contributed by atoms with Gasteiger partial charge in [0, 0.05) is 12.1 Å². The van der Waals surface area contributed by atoms with Gasteiger partial charge in [-0.3, -0.25) is 4.79 Å². The number of hydrogen-bond acceptors (Lipinski definition) is 4. The third kappa shape index (κ3) is 4.96. The topological polar surface area (TPSA) is 79.2 Å². The van der Waals surface area contributed by atoms with Crippen molar-refractivity contribution in [3.05, 3.63) is 65.2 Å². The first kappa shape index (κ1) is 17.2. The largest absolute Gasteiger partial charge is 0.462 e. The smallest absolute Gasteiger partial charge is 0.338 e. The molecule has 1 amide bonds. The minimum atomic E-state index is -0.411. The molecule has 0 atom stereocenters. The van der Waals surface area contributed by atoms with E-state index >= 15 is 0 Å². The molecular formula is C19H18N2O3. The SMILES string of the molecule is CCOC(=O)c1cccc(NC(=O)CCc2ccc(C#N)cc2)c1. The highest BCUT2D eigenvalue weighted by Crippen LogP contribution is 2.13. The van der Waals surface area contributed by atoms with E-state index in [0.29, 0.717) is 36.3 Å². The monoisotopic (exact) mass is 322 g/mol. The number of nitriles is 1. The molecule has 24 heavy (non-hydrogen) atoms. The summed E-state index contributed by atoms with van der Waals surface area (Å²) in [6.07, 6.45) is 0.893. The number of hydrogen-bond donors (Lipinski definition) is 1. The van der Waals surface area contributed by atoms with Crippen molar-refractivity contribution in [3.63, 3.8) is 0 Å². The molecule has 0 aliphatic carbocycles. The van der Waals surface area contributed by atoms with Crippen LogP contribution in [0.15, 0.2) is 48.5 Å². The van der Waals surface area contributed by atoms with Crippen LogP contribution in [0.3, 0.4) is 0 Å². The molecule has 0 saturated carbocycles. The molecule has 2 aromatic rings. The second-order valence-corrected chi connectivity index (χ2v) is 5.16. The summed E-state index contributed by atoms with van der Waals surface area (Å²) in [5.74, 6) is -0.549. The van der Waals surface area contributed by atoms with Crippen molar-refractivity contribution in [1.29, 1.82) is 5.26 Å². The van der Waals surface area contributed by atoms with E-state index in [1.807, 2.05) is 12.1 Å². The number of nitrogens with zero attached hydrogens (tertiary/aromatic N) is 1. The molecule has 0 aromatic heterocycles. The molecule has 2 aromatic carbocycles. The van der Waals surface area contributed by atoms with Gasteiger partial charge in [0.25, 0.3) is 0 Å². The van der Waals surface area contributed by atoms with Crippen molar-refractivity contribution in [2.24, 2.45) is 0 Å². The highest BCUT2D eigenvalue weighted by molar-refractivity contribution is 5.94. The molecule has 0 unspecified atom stereocenters. The molecule has 0 aliphatic rings. The second-order valence-electron chi connectivity index (χ2n) is 5.16. The van der Waals surface area contributed by atoms with Gasteiger partial charge in [-0.1, -0.05) is 18.2 Å². The number of carbonyl (C=O) groups is 2. The van der Waals surface area contributed by atoms with E-state index < -0.39 is 5.97 Å². The Morgan fingerprint density at radius 1 is 1.17 bits per heavy atom. The van der Waals surface area contributed by atoms with Crippen LogP contribution >= 0.6 is 0 Å². The normalized spacial score (nSPS) is 9.83. The van der Waals surface area contributed by atoms with Gasteiger partial charge in [-0.05, 0) is 49.2 Å². The molecule has 5 nitrogen and oxygen atoms in total. The fourth-order valence-electron chi connectivity index (χ4n) is 2.17. The summed E-state index contributed by atoms with van der Waals surface area (Å²) in [4.78, 5) is 23.7. The quantitative estimate of drug-likeness (QED) is 0.828. The van der Waals surface area contributed by atoms with Crippen molar-refractivity contribution in [2.45, 2.75) is 19.8 Å². The molecule has 0 saturated heterocycles. The first-order valence-corrected chi connectivity index (χ1v) is 7.68. The lowest BCUT2D eigenvalue weighted by atomic mass is 10.1. The molecule has 122 valence electrons. The summed E-state index contributed by atoms with van der Waals surface area (Å²) in [7, 11) is 0. The van der Waals surface area contributed by atoms with Crippen LogP contribution in [0.1, 0.15) is 34.8 Å². The Bertz CT molecular complexity index is 761. The maximum atomic E-state index is 12.0. The Morgan fingerprint density at radius 3 is 2.58 bits per heavy atom. The van der Waals surface area contributed by atoms with Gasteiger partial charge in [-0.15, -0.1) is 0 Å². The molecule has 0 fully saturated rings. The van der Waals surface area contributed by atoms with Crippen molar-refractivity contribution >= 4 is 17.6 Å². The number of nitrogens with one attached hydrogen (secondary N) is 1. The van der Waals surface area contributed by atoms with Gasteiger partial charge in [-0.2, -0.15) is 5.26 Å². The van der Waals surface area contributed by atoms with Gasteiger partial charge < -0.3 is 10.1 Å². The van der Waals surface area contributed by atoms with Crippen molar-refractivity contribution in [1.82, 2.24) is 0 Å². The van der Waals surface area contributed by atoms with Crippen LogP contribution in [-0.2, 0) is 16.0 Å². The van der Waals surface area contributed by atoms with Crippen LogP contribution in [-0.4, -0.2) is 18.5 Å². The van der Waals surface area contributed by atoms with Gasteiger partial charge >= 0.3 is 5.97 Å². The van der Waals surface area contributed by atoms with Crippen molar-refractivity contribution < 1.29 is 14.3 Å². The van der Waals surface area contributed by atoms with Crippen LogP contribution in [0.5, 0.6) is 0 Å². The summed E-state index contributed by atoms with van der Waals surface area (Å²) in [6.45, 7) is 2.05. The number of anilines is 1. The lowest BCUT2D eigenvalue weighted by Gasteiger charge is -2.07. The van der Waals surface area contributed by atoms with Crippen LogP contribution in [0.25, 0.3) is 0 Å². The number of esters is 1. The standard InChI is InChI=1S/C19H18N2O3/c1-2-24-19(23)16-4-3-5-17(12-16)21-18(22)11-10-14-6-8-15(13-20)9-7-14/h3-9,12H,2,10-11H2,1H3,(H,21,22). The third-order valence-corrected chi connectivity index (χ3v) is 3.38. The molecule has 1 N–H and O–H groups in total. The van der Waals surface area contributed by atoms with Gasteiger partial charge in [0.1, 0.15) is 0 Å². The number of aryl methyl sites for hydroxylation is 1. The number of carbonyl (C=O) groups excluding carboxylic acids is 2. The van der Waals surface area contributed by atoms with Crippen LogP contribution in [0.2, 0.25) is 0 Å². The van der Waals surface area contributed by atoms with E-state index in [1.165, 1.54) is 0 Å². The molecule has 0 bridgehead atoms. The average Bonchev–Trinajstić information content (AvgIpc) is 2.61. The lowest BCUT2D eigenvalue weighted by Crippen LogP contribution is -2.13. The summed E-state index contributed by atoms with van der Waals surface area (Å²) >= 11 is 0. The minimum absolute atomic E-state index is 0.139. The van der Waals surface area contributed by atoms with E-state index in [4.69, 9.17) is 10.00 Å². The zero-order valence-electron chi connectivity index (χ0n) is 13.4. The van der Waals surface area contributed by atoms with E-state index in [2.05, 4.69) is 11.4 Å². The van der Waals surface area contributed by atoms with Crippen molar-refractivity contribution in [2.75, 3.05) is 11.9 Å². The summed E-state index contributed by atoms with van der Waals surface area (Å²) in [5, 5.41) is 11.5.